The number of nitrogens with one attached hydrogen (secondary N) is 1. The highest BCUT2D eigenvalue weighted by Crippen LogP contribution is 2.35. The topological polar surface area (TPSA) is 97.1 Å². The van der Waals surface area contributed by atoms with Gasteiger partial charge in [0, 0.05) is 23.6 Å². The minimum atomic E-state index is 0.559. The summed E-state index contributed by atoms with van der Waals surface area (Å²) < 4.78 is 11.4. The highest BCUT2D eigenvalue weighted by molar-refractivity contribution is 5.93. The molecule has 1 heterocycles. The number of rotatable bonds is 11. The van der Waals surface area contributed by atoms with E-state index in [1.165, 1.54) is 6.33 Å². The maximum absolute atomic E-state index is 10.4. The number of fused-ring (bicyclic) bond motifs is 1. The Bertz CT molecular complexity index is 1050. The van der Waals surface area contributed by atoms with E-state index in [-0.39, 0.29) is 0 Å². The first kappa shape index (κ1) is 21.1. The standard InChI is InChI=1S/C23H24N4O3/c1-29-21-14-20-19(13-22(21)30-11-6-4-2-3-5-10-28)23(26-16-25-20)27-18-9-7-8-17(12-18)15-24/h7-10,12-14,16H,2-6,11H2,1H3,(H,25,26,27). The Balaban J connectivity index is 1.77. The molecule has 0 bridgehead atoms. The molecule has 0 atom stereocenters. The van der Waals surface area contributed by atoms with Crippen LogP contribution in [-0.4, -0.2) is 30.0 Å². The summed E-state index contributed by atoms with van der Waals surface area (Å²) in [7, 11) is 1.60. The van der Waals surface area contributed by atoms with Gasteiger partial charge in [0.05, 0.1) is 30.9 Å². The van der Waals surface area contributed by atoms with Gasteiger partial charge in [-0.05, 0) is 37.1 Å². The molecule has 7 heteroatoms. The van der Waals surface area contributed by atoms with E-state index in [2.05, 4.69) is 21.4 Å². The zero-order valence-corrected chi connectivity index (χ0v) is 16.9. The summed E-state index contributed by atoms with van der Waals surface area (Å²) in [5.74, 6) is 1.86. The van der Waals surface area contributed by atoms with E-state index in [9.17, 15) is 4.79 Å². The molecule has 3 rings (SSSR count). The number of carbonyl (C=O) groups is 1. The zero-order valence-electron chi connectivity index (χ0n) is 16.9. The molecule has 7 nitrogen and oxygen atoms in total. The van der Waals surface area contributed by atoms with Crippen molar-refractivity contribution in [2.75, 3.05) is 19.0 Å². The van der Waals surface area contributed by atoms with E-state index < -0.39 is 0 Å². The number of nitrogens with zero attached hydrogens (tertiary/aromatic N) is 3. The lowest BCUT2D eigenvalue weighted by Gasteiger charge is -2.14. The lowest BCUT2D eigenvalue weighted by molar-refractivity contribution is -0.107. The number of methoxy groups -OCH3 is 1. The number of ether oxygens (including phenoxy) is 2. The predicted molar refractivity (Wildman–Crippen MR) is 115 cm³/mol. The number of carbonyl (C=O) groups excluding carboxylic acids is 1. The molecule has 30 heavy (non-hydrogen) atoms. The second-order valence-corrected chi connectivity index (χ2v) is 6.78. The van der Waals surface area contributed by atoms with Crippen LogP contribution in [0.3, 0.4) is 0 Å². The van der Waals surface area contributed by atoms with Gasteiger partial charge < -0.3 is 19.6 Å². The monoisotopic (exact) mass is 404 g/mol. The summed E-state index contributed by atoms with van der Waals surface area (Å²) in [4.78, 5) is 19.1. The summed E-state index contributed by atoms with van der Waals surface area (Å²) in [6.45, 7) is 0.559. The third-order valence-electron chi connectivity index (χ3n) is 4.65. The molecule has 0 spiro atoms. The van der Waals surface area contributed by atoms with Crippen LogP contribution in [0, 0.1) is 11.3 Å². The number of unbranched alkanes of at least 4 members (excludes halogenated alkanes) is 4. The van der Waals surface area contributed by atoms with Crippen LogP contribution in [0.5, 0.6) is 11.5 Å². The van der Waals surface area contributed by atoms with E-state index in [0.717, 1.165) is 48.6 Å². The third-order valence-corrected chi connectivity index (χ3v) is 4.65. The van der Waals surface area contributed by atoms with Crippen molar-refractivity contribution in [2.24, 2.45) is 0 Å². The molecule has 0 saturated carbocycles. The van der Waals surface area contributed by atoms with Crippen molar-refractivity contribution in [3.63, 3.8) is 0 Å². The van der Waals surface area contributed by atoms with Crippen molar-refractivity contribution in [3.05, 3.63) is 48.3 Å². The number of hydrogen-bond acceptors (Lipinski definition) is 7. The minimum Gasteiger partial charge on any atom is -0.493 e. The molecule has 0 amide bonds. The summed E-state index contributed by atoms with van der Waals surface area (Å²) in [5.41, 5.74) is 2.06. The van der Waals surface area contributed by atoms with Gasteiger partial charge in [0.15, 0.2) is 11.5 Å². The summed E-state index contributed by atoms with van der Waals surface area (Å²) >= 11 is 0. The molecule has 3 aromatic rings. The summed E-state index contributed by atoms with van der Waals surface area (Å²) in [5, 5.41) is 13.2. The lowest BCUT2D eigenvalue weighted by Crippen LogP contribution is -2.01. The van der Waals surface area contributed by atoms with Crippen molar-refractivity contribution in [2.45, 2.75) is 32.1 Å². The molecule has 1 aromatic heterocycles. The average molecular weight is 404 g/mol. The first-order chi connectivity index (χ1) is 14.7. The molecule has 1 N–H and O–H groups in total. The van der Waals surface area contributed by atoms with Crippen LogP contribution in [-0.2, 0) is 4.79 Å². The fraction of sp³-hybridized carbons (Fsp3) is 0.304. The van der Waals surface area contributed by atoms with E-state index in [1.807, 2.05) is 24.3 Å². The van der Waals surface area contributed by atoms with Crippen LogP contribution in [0.2, 0.25) is 0 Å². The van der Waals surface area contributed by atoms with Crippen molar-refractivity contribution in [1.29, 1.82) is 5.26 Å². The number of hydrogen-bond donors (Lipinski definition) is 1. The van der Waals surface area contributed by atoms with E-state index in [0.29, 0.717) is 35.9 Å². The summed E-state index contributed by atoms with van der Waals surface area (Å²) in [6, 6.07) is 13.0. The zero-order chi connectivity index (χ0) is 21.2. The molecule has 0 saturated heterocycles. The van der Waals surface area contributed by atoms with Gasteiger partial charge in [-0.3, -0.25) is 0 Å². The molecule has 0 aliphatic heterocycles. The van der Waals surface area contributed by atoms with Crippen LogP contribution in [0.25, 0.3) is 10.9 Å². The first-order valence-electron chi connectivity index (χ1n) is 9.91. The molecular formula is C23H24N4O3. The Labute approximate surface area is 175 Å². The van der Waals surface area contributed by atoms with Crippen molar-refractivity contribution < 1.29 is 14.3 Å². The fourth-order valence-electron chi connectivity index (χ4n) is 3.10. The number of aromatic nitrogens is 2. The molecule has 154 valence electrons. The highest BCUT2D eigenvalue weighted by Gasteiger charge is 2.12. The maximum atomic E-state index is 10.4. The maximum Gasteiger partial charge on any atom is 0.162 e. The van der Waals surface area contributed by atoms with Crippen molar-refractivity contribution >= 4 is 28.7 Å². The number of benzene rings is 2. The van der Waals surface area contributed by atoms with E-state index in [1.54, 1.807) is 19.2 Å². The lowest BCUT2D eigenvalue weighted by atomic mass is 10.1. The van der Waals surface area contributed by atoms with Gasteiger partial charge in [-0.25, -0.2) is 9.97 Å². The molecule has 0 unspecified atom stereocenters. The van der Waals surface area contributed by atoms with Gasteiger partial charge in [-0.15, -0.1) is 0 Å². The first-order valence-corrected chi connectivity index (χ1v) is 9.91. The van der Waals surface area contributed by atoms with Gasteiger partial charge in [0.25, 0.3) is 0 Å². The molecule has 0 aliphatic carbocycles. The normalized spacial score (nSPS) is 10.4. The van der Waals surface area contributed by atoms with E-state index >= 15 is 0 Å². The largest absolute Gasteiger partial charge is 0.493 e. The molecule has 2 aromatic carbocycles. The summed E-state index contributed by atoms with van der Waals surface area (Å²) in [6.07, 6.45) is 6.90. The molecular weight excluding hydrogens is 380 g/mol. The van der Waals surface area contributed by atoms with Gasteiger partial charge >= 0.3 is 0 Å². The van der Waals surface area contributed by atoms with Gasteiger partial charge in [0.1, 0.15) is 18.4 Å². The second kappa shape index (κ2) is 10.8. The van der Waals surface area contributed by atoms with Crippen LogP contribution in [0.4, 0.5) is 11.5 Å². The van der Waals surface area contributed by atoms with Crippen LogP contribution < -0.4 is 14.8 Å². The Hall–Kier alpha value is -3.66. The number of anilines is 2. The Kier molecular flexibility index (Phi) is 7.56. The fourth-order valence-corrected chi connectivity index (χ4v) is 3.10. The molecule has 0 radical (unpaired) electrons. The SMILES string of the molecule is COc1cc2ncnc(Nc3cccc(C#N)c3)c2cc1OCCCCCCC=O. The third kappa shape index (κ3) is 5.45. The smallest absolute Gasteiger partial charge is 0.162 e. The van der Waals surface area contributed by atoms with Gasteiger partial charge in [-0.1, -0.05) is 18.9 Å². The van der Waals surface area contributed by atoms with Crippen molar-refractivity contribution in [3.8, 4) is 17.6 Å². The van der Waals surface area contributed by atoms with E-state index in [4.69, 9.17) is 14.7 Å². The highest BCUT2D eigenvalue weighted by atomic mass is 16.5. The van der Waals surface area contributed by atoms with Crippen LogP contribution >= 0.6 is 0 Å². The number of nitriles is 1. The Morgan fingerprint density at radius 2 is 1.97 bits per heavy atom. The van der Waals surface area contributed by atoms with Gasteiger partial charge in [-0.2, -0.15) is 5.26 Å². The minimum absolute atomic E-state index is 0.559. The van der Waals surface area contributed by atoms with Crippen molar-refractivity contribution in [1.82, 2.24) is 9.97 Å². The molecule has 0 aliphatic rings. The van der Waals surface area contributed by atoms with Crippen LogP contribution in [0.1, 0.15) is 37.7 Å². The Morgan fingerprint density at radius 1 is 1.10 bits per heavy atom. The van der Waals surface area contributed by atoms with Gasteiger partial charge in [0.2, 0.25) is 0 Å². The average Bonchev–Trinajstić information content (AvgIpc) is 2.78. The number of aldehydes is 1. The molecule has 0 fully saturated rings. The predicted octanol–water partition coefficient (Wildman–Crippen LogP) is 4.78. The van der Waals surface area contributed by atoms with Crippen LogP contribution in [0.15, 0.2) is 42.7 Å². The quantitative estimate of drug-likeness (QED) is 0.363. The second-order valence-electron chi connectivity index (χ2n) is 6.78. The Morgan fingerprint density at radius 3 is 2.77 bits per heavy atom.